The van der Waals surface area contributed by atoms with E-state index in [0.29, 0.717) is 29.5 Å². The Labute approximate surface area is 123 Å². The molecule has 0 saturated carbocycles. The first-order valence-electron chi connectivity index (χ1n) is 6.68. The Morgan fingerprint density at radius 2 is 2.10 bits per heavy atom. The molecule has 0 unspecified atom stereocenters. The fourth-order valence-electron chi connectivity index (χ4n) is 1.82. The predicted molar refractivity (Wildman–Crippen MR) is 77.6 cm³/mol. The van der Waals surface area contributed by atoms with Gasteiger partial charge in [-0.1, -0.05) is 24.2 Å². The average molecular weight is 290 g/mol. The van der Waals surface area contributed by atoms with Gasteiger partial charge in [-0.25, -0.2) is 0 Å². The maximum atomic E-state index is 12.2. The summed E-state index contributed by atoms with van der Waals surface area (Å²) in [5.41, 5.74) is 0. The van der Waals surface area contributed by atoms with Crippen molar-refractivity contribution in [1.82, 2.24) is 5.16 Å². The van der Waals surface area contributed by atoms with Gasteiger partial charge in [-0.05, 0) is 25.5 Å². The molecule has 0 radical (unpaired) electrons. The van der Waals surface area contributed by atoms with Gasteiger partial charge in [-0.2, -0.15) is 0 Å². The maximum Gasteiger partial charge on any atom is 0.266 e. The molecular formula is C15H18N2O4. The standard InChI is InChI=1S/C15H18N2O4/c1-4-11(15(18)16-14-9-10(2)21-17-14)20-13-8-6-5-7-12(13)19-3/h5-9,11H,4H2,1-3H3,(H,16,17,18)/t11-/m1/s1. The molecule has 6 nitrogen and oxygen atoms in total. The van der Waals surface area contributed by atoms with Gasteiger partial charge in [0.15, 0.2) is 23.4 Å². The summed E-state index contributed by atoms with van der Waals surface area (Å²) in [4.78, 5) is 12.2. The number of methoxy groups -OCH3 is 1. The number of para-hydroxylation sites is 2. The van der Waals surface area contributed by atoms with Gasteiger partial charge in [0.05, 0.1) is 7.11 Å². The number of hydrogen-bond donors (Lipinski definition) is 1. The lowest BCUT2D eigenvalue weighted by molar-refractivity contribution is -0.122. The molecular weight excluding hydrogens is 272 g/mol. The SMILES string of the molecule is CC[C@@H](Oc1ccccc1OC)C(=O)Nc1cc(C)on1. The molecule has 0 aliphatic heterocycles. The minimum atomic E-state index is -0.640. The lowest BCUT2D eigenvalue weighted by Crippen LogP contribution is -2.32. The quantitative estimate of drug-likeness (QED) is 0.885. The highest BCUT2D eigenvalue weighted by Crippen LogP contribution is 2.27. The summed E-state index contributed by atoms with van der Waals surface area (Å²) in [5, 5.41) is 6.39. The Bertz CT molecular complexity index is 609. The summed E-state index contributed by atoms with van der Waals surface area (Å²) >= 11 is 0. The van der Waals surface area contributed by atoms with E-state index in [0.717, 1.165) is 0 Å². The van der Waals surface area contributed by atoms with Crippen LogP contribution in [0.2, 0.25) is 0 Å². The van der Waals surface area contributed by atoms with Crippen LogP contribution in [-0.2, 0) is 4.79 Å². The molecule has 0 aliphatic carbocycles. The van der Waals surface area contributed by atoms with Crippen LogP contribution in [0.3, 0.4) is 0 Å². The second kappa shape index (κ2) is 6.78. The number of carbonyl (C=O) groups is 1. The summed E-state index contributed by atoms with van der Waals surface area (Å²) in [7, 11) is 1.56. The zero-order valence-electron chi connectivity index (χ0n) is 12.3. The first-order valence-corrected chi connectivity index (χ1v) is 6.68. The van der Waals surface area contributed by atoms with Crippen LogP contribution >= 0.6 is 0 Å². The van der Waals surface area contributed by atoms with E-state index in [1.165, 1.54) is 0 Å². The van der Waals surface area contributed by atoms with E-state index >= 15 is 0 Å². The number of hydrogen-bond acceptors (Lipinski definition) is 5. The number of aromatic nitrogens is 1. The van der Waals surface area contributed by atoms with E-state index in [2.05, 4.69) is 10.5 Å². The number of nitrogens with zero attached hydrogens (tertiary/aromatic N) is 1. The van der Waals surface area contributed by atoms with Crippen LogP contribution in [0.5, 0.6) is 11.5 Å². The second-order valence-electron chi connectivity index (χ2n) is 4.48. The normalized spacial score (nSPS) is 11.8. The highest BCUT2D eigenvalue weighted by atomic mass is 16.5. The second-order valence-corrected chi connectivity index (χ2v) is 4.48. The van der Waals surface area contributed by atoms with Crippen molar-refractivity contribution in [2.24, 2.45) is 0 Å². The third kappa shape index (κ3) is 3.75. The molecule has 1 atom stereocenters. The minimum absolute atomic E-state index is 0.281. The Morgan fingerprint density at radius 1 is 1.38 bits per heavy atom. The van der Waals surface area contributed by atoms with Crippen molar-refractivity contribution in [1.29, 1.82) is 0 Å². The van der Waals surface area contributed by atoms with Gasteiger partial charge in [0.1, 0.15) is 5.76 Å². The number of rotatable bonds is 6. The van der Waals surface area contributed by atoms with Gasteiger partial charge in [-0.15, -0.1) is 0 Å². The molecule has 2 rings (SSSR count). The smallest absolute Gasteiger partial charge is 0.266 e. The minimum Gasteiger partial charge on any atom is -0.493 e. The fourth-order valence-corrected chi connectivity index (χ4v) is 1.82. The summed E-state index contributed by atoms with van der Waals surface area (Å²) in [6.07, 6.45) is -0.126. The number of amides is 1. The van der Waals surface area contributed by atoms with Gasteiger partial charge in [0, 0.05) is 6.07 Å². The van der Waals surface area contributed by atoms with Crippen molar-refractivity contribution in [2.45, 2.75) is 26.4 Å². The zero-order valence-corrected chi connectivity index (χ0v) is 12.3. The molecule has 1 aromatic carbocycles. The highest BCUT2D eigenvalue weighted by molar-refractivity contribution is 5.93. The third-order valence-electron chi connectivity index (χ3n) is 2.88. The molecule has 21 heavy (non-hydrogen) atoms. The summed E-state index contributed by atoms with van der Waals surface area (Å²) in [6, 6.07) is 8.85. The highest BCUT2D eigenvalue weighted by Gasteiger charge is 2.21. The summed E-state index contributed by atoms with van der Waals surface area (Å²) in [6.45, 7) is 3.62. The van der Waals surface area contributed by atoms with E-state index in [9.17, 15) is 4.79 Å². The van der Waals surface area contributed by atoms with Crippen molar-refractivity contribution in [3.63, 3.8) is 0 Å². The van der Waals surface area contributed by atoms with Gasteiger partial charge in [0.25, 0.3) is 5.91 Å². The number of nitrogens with one attached hydrogen (secondary N) is 1. The largest absolute Gasteiger partial charge is 0.493 e. The number of anilines is 1. The van der Waals surface area contributed by atoms with Crippen molar-refractivity contribution in [3.05, 3.63) is 36.1 Å². The number of benzene rings is 1. The van der Waals surface area contributed by atoms with Gasteiger partial charge in [-0.3, -0.25) is 4.79 Å². The first kappa shape index (κ1) is 14.9. The Morgan fingerprint density at radius 3 is 2.67 bits per heavy atom. The molecule has 0 aliphatic rings. The topological polar surface area (TPSA) is 73.6 Å². The van der Waals surface area contributed by atoms with E-state index in [-0.39, 0.29) is 5.91 Å². The molecule has 2 aromatic rings. The maximum absolute atomic E-state index is 12.2. The molecule has 1 amide bonds. The van der Waals surface area contributed by atoms with Crippen LogP contribution in [0, 0.1) is 6.92 Å². The van der Waals surface area contributed by atoms with Crippen LogP contribution < -0.4 is 14.8 Å². The zero-order chi connectivity index (χ0) is 15.2. The van der Waals surface area contributed by atoms with E-state index in [1.54, 1.807) is 32.2 Å². The molecule has 1 N–H and O–H groups in total. The average Bonchev–Trinajstić information content (AvgIpc) is 2.90. The Kier molecular flexibility index (Phi) is 4.81. The van der Waals surface area contributed by atoms with E-state index in [1.807, 2.05) is 19.1 Å². The van der Waals surface area contributed by atoms with Crippen molar-refractivity contribution < 1.29 is 18.8 Å². The molecule has 0 fully saturated rings. The van der Waals surface area contributed by atoms with Crippen LogP contribution in [0.15, 0.2) is 34.9 Å². The molecule has 6 heteroatoms. The van der Waals surface area contributed by atoms with Crippen molar-refractivity contribution in [3.8, 4) is 11.5 Å². The van der Waals surface area contributed by atoms with Crippen LogP contribution in [0.1, 0.15) is 19.1 Å². The molecule has 1 heterocycles. The monoisotopic (exact) mass is 290 g/mol. The number of aryl methyl sites for hydroxylation is 1. The van der Waals surface area contributed by atoms with Gasteiger partial charge in [0.2, 0.25) is 0 Å². The Hall–Kier alpha value is -2.50. The molecule has 1 aromatic heterocycles. The number of ether oxygens (including phenoxy) is 2. The van der Waals surface area contributed by atoms with Crippen LogP contribution in [0.4, 0.5) is 5.82 Å². The van der Waals surface area contributed by atoms with Crippen LogP contribution in [-0.4, -0.2) is 24.3 Å². The molecule has 0 bridgehead atoms. The fraction of sp³-hybridized carbons (Fsp3) is 0.333. The molecule has 0 saturated heterocycles. The summed E-state index contributed by atoms with van der Waals surface area (Å²) < 4.78 is 15.8. The molecule has 0 spiro atoms. The Balaban J connectivity index is 2.06. The van der Waals surface area contributed by atoms with E-state index < -0.39 is 6.10 Å². The summed E-state index contributed by atoms with van der Waals surface area (Å²) in [5.74, 6) is 1.83. The third-order valence-corrected chi connectivity index (χ3v) is 2.88. The predicted octanol–water partition coefficient (Wildman–Crippen LogP) is 2.79. The van der Waals surface area contributed by atoms with Crippen LogP contribution in [0.25, 0.3) is 0 Å². The molecule has 112 valence electrons. The van der Waals surface area contributed by atoms with Crippen molar-refractivity contribution >= 4 is 11.7 Å². The first-order chi connectivity index (χ1) is 10.1. The van der Waals surface area contributed by atoms with Crippen molar-refractivity contribution in [2.75, 3.05) is 12.4 Å². The lowest BCUT2D eigenvalue weighted by Gasteiger charge is -2.18. The van der Waals surface area contributed by atoms with E-state index in [4.69, 9.17) is 14.0 Å². The number of carbonyl (C=O) groups excluding carboxylic acids is 1. The lowest BCUT2D eigenvalue weighted by atomic mass is 10.2. The van der Waals surface area contributed by atoms with Gasteiger partial charge < -0.3 is 19.3 Å². The van der Waals surface area contributed by atoms with Gasteiger partial charge >= 0.3 is 0 Å².